The first-order valence-corrected chi connectivity index (χ1v) is 7.93. The van der Waals surface area contributed by atoms with Gasteiger partial charge in [-0.1, -0.05) is 6.92 Å². The second kappa shape index (κ2) is 8.06. The van der Waals surface area contributed by atoms with E-state index in [1.165, 1.54) is 24.3 Å². The topological polar surface area (TPSA) is 69.6 Å². The van der Waals surface area contributed by atoms with E-state index in [1.807, 2.05) is 6.92 Å². The van der Waals surface area contributed by atoms with Crippen molar-refractivity contribution in [1.82, 2.24) is 10.2 Å². The maximum absolute atomic E-state index is 12.8. The van der Waals surface area contributed by atoms with E-state index in [0.29, 0.717) is 24.6 Å². The van der Waals surface area contributed by atoms with Crippen molar-refractivity contribution in [2.24, 2.45) is 11.8 Å². The molecule has 1 aromatic rings. The quantitative estimate of drug-likeness (QED) is 0.861. The van der Waals surface area contributed by atoms with Gasteiger partial charge in [-0.2, -0.15) is 0 Å². The number of aliphatic hydroxyl groups is 1. The monoisotopic (exact) mass is 322 g/mol. The van der Waals surface area contributed by atoms with Crippen molar-refractivity contribution in [3.63, 3.8) is 0 Å². The van der Waals surface area contributed by atoms with Gasteiger partial charge in [-0.15, -0.1) is 0 Å². The minimum Gasteiger partial charge on any atom is -0.396 e. The number of hydrogen-bond acceptors (Lipinski definition) is 3. The Balaban J connectivity index is 1.77. The molecule has 6 heteroatoms. The van der Waals surface area contributed by atoms with Gasteiger partial charge in [-0.3, -0.25) is 9.59 Å². The molecule has 1 saturated heterocycles. The van der Waals surface area contributed by atoms with Gasteiger partial charge in [0.05, 0.1) is 6.54 Å². The summed E-state index contributed by atoms with van der Waals surface area (Å²) in [5.74, 6) is -0.210. The molecule has 0 radical (unpaired) electrons. The molecular weight excluding hydrogens is 299 g/mol. The van der Waals surface area contributed by atoms with Crippen LogP contribution in [0.4, 0.5) is 4.39 Å². The maximum atomic E-state index is 12.8. The van der Waals surface area contributed by atoms with Gasteiger partial charge in [-0.25, -0.2) is 4.39 Å². The lowest BCUT2D eigenvalue weighted by atomic mass is 9.86. The van der Waals surface area contributed by atoms with Crippen LogP contribution in [0.15, 0.2) is 24.3 Å². The lowest BCUT2D eigenvalue weighted by molar-refractivity contribution is -0.131. The van der Waals surface area contributed by atoms with E-state index in [0.717, 1.165) is 12.8 Å². The fraction of sp³-hybridized carbons (Fsp3) is 0.529. The average molecular weight is 322 g/mol. The molecule has 2 rings (SSSR count). The molecule has 1 atom stereocenters. The Morgan fingerprint density at radius 1 is 1.30 bits per heavy atom. The summed E-state index contributed by atoms with van der Waals surface area (Å²) in [4.78, 5) is 25.8. The van der Waals surface area contributed by atoms with Crippen molar-refractivity contribution in [2.75, 3.05) is 26.2 Å². The van der Waals surface area contributed by atoms with Gasteiger partial charge in [0.25, 0.3) is 5.91 Å². The third-order valence-corrected chi connectivity index (χ3v) is 4.49. The Morgan fingerprint density at radius 3 is 2.48 bits per heavy atom. The molecular formula is C17H23FN2O3. The smallest absolute Gasteiger partial charge is 0.251 e. The molecule has 23 heavy (non-hydrogen) atoms. The number of likely N-dealkylation sites (tertiary alicyclic amines) is 1. The molecule has 1 aliphatic rings. The summed E-state index contributed by atoms with van der Waals surface area (Å²) in [6.45, 7) is 3.44. The number of carbonyl (C=O) groups is 2. The largest absolute Gasteiger partial charge is 0.396 e. The van der Waals surface area contributed by atoms with Crippen LogP contribution in [0.25, 0.3) is 0 Å². The van der Waals surface area contributed by atoms with E-state index in [1.54, 1.807) is 4.90 Å². The highest BCUT2D eigenvalue weighted by Gasteiger charge is 2.26. The molecule has 126 valence electrons. The lowest BCUT2D eigenvalue weighted by Crippen LogP contribution is -2.45. The van der Waals surface area contributed by atoms with Crippen molar-refractivity contribution in [1.29, 1.82) is 0 Å². The van der Waals surface area contributed by atoms with Crippen LogP contribution in [0.1, 0.15) is 30.1 Å². The van der Waals surface area contributed by atoms with E-state index in [2.05, 4.69) is 5.32 Å². The molecule has 0 aliphatic carbocycles. The number of amides is 2. The Labute approximate surface area is 135 Å². The third kappa shape index (κ3) is 4.76. The van der Waals surface area contributed by atoms with Crippen molar-refractivity contribution in [3.8, 4) is 0 Å². The van der Waals surface area contributed by atoms with Crippen LogP contribution in [-0.4, -0.2) is 48.1 Å². The zero-order chi connectivity index (χ0) is 16.8. The van der Waals surface area contributed by atoms with Gasteiger partial charge in [0.2, 0.25) is 5.91 Å². The average Bonchev–Trinajstić information content (AvgIpc) is 2.59. The van der Waals surface area contributed by atoms with E-state index < -0.39 is 5.82 Å². The number of halogens is 1. The summed E-state index contributed by atoms with van der Waals surface area (Å²) in [6.07, 6.45) is 1.75. The number of aliphatic hydroxyl groups excluding tert-OH is 1. The summed E-state index contributed by atoms with van der Waals surface area (Å²) < 4.78 is 12.8. The minimum atomic E-state index is -0.405. The van der Waals surface area contributed by atoms with Gasteiger partial charge in [0.1, 0.15) is 5.82 Å². The lowest BCUT2D eigenvalue weighted by Gasteiger charge is -2.34. The van der Waals surface area contributed by atoms with E-state index >= 15 is 0 Å². The molecule has 0 saturated carbocycles. The second-order valence-corrected chi connectivity index (χ2v) is 6.07. The zero-order valence-electron chi connectivity index (χ0n) is 13.3. The number of rotatable bonds is 5. The van der Waals surface area contributed by atoms with Crippen molar-refractivity contribution >= 4 is 11.8 Å². The van der Waals surface area contributed by atoms with Gasteiger partial charge in [0.15, 0.2) is 0 Å². The number of carbonyl (C=O) groups excluding carboxylic acids is 2. The van der Waals surface area contributed by atoms with Gasteiger partial charge in [0, 0.05) is 25.3 Å². The predicted molar refractivity (Wildman–Crippen MR) is 84.3 cm³/mol. The molecule has 1 aromatic carbocycles. The molecule has 1 heterocycles. The van der Waals surface area contributed by atoms with Gasteiger partial charge >= 0.3 is 0 Å². The van der Waals surface area contributed by atoms with Gasteiger partial charge in [-0.05, 0) is 48.9 Å². The summed E-state index contributed by atoms with van der Waals surface area (Å²) in [5, 5.41) is 11.7. The second-order valence-electron chi connectivity index (χ2n) is 6.07. The maximum Gasteiger partial charge on any atom is 0.251 e. The molecule has 1 unspecified atom stereocenters. The fourth-order valence-corrected chi connectivity index (χ4v) is 2.84. The molecule has 0 spiro atoms. The van der Waals surface area contributed by atoms with E-state index in [-0.39, 0.29) is 30.9 Å². The van der Waals surface area contributed by atoms with Crippen LogP contribution in [0, 0.1) is 17.7 Å². The van der Waals surface area contributed by atoms with Crippen molar-refractivity contribution in [3.05, 3.63) is 35.6 Å². The van der Waals surface area contributed by atoms with Crippen LogP contribution in [0.3, 0.4) is 0 Å². The van der Waals surface area contributed by atoms with Gasteiger partial charge < -0.3 is 15.3 Å². The highest BCUT2D eigenvalue weighted by molar-refractivity contribution is 5.96. The Bertz CT molecular complexity index is 539. The van der Waals surface area contributed by atoms with Crippen LogP contribution in [0.2, 0.25) is 0 Å². The Morgan fingerprint density at radius 2 is 1.91 bits per heavy atom. The van der Waals surface area contributed by atoms with Crippen LogP contribution in [0.5, 0.6) is 0 Å². The van der Waals surface area contributed by atoms with Crippen molar-refractivity contribution in [2.45, 2.75) is 19.8 Å². The number of piperidine rings is 1. The summed E-state index contributed by atoms with van der Waals surface area (Å²) in [7, 11) is 0. The number of nitrogens with zero attached hydrogens (tertiary/aromatic N) is 1. The minimum absolute atomic E-state index is 0.0591. The summed E-state index contributed by atoms with van der Waals surface area (Å²) >= 11 is 0. The Kier molecular flexibility index (Phi) is 6.10. The number of nitrogens with one attached hydrogen (secondary N) is 1. The summed E-state index contributed by atoms with van der Waals surface area (Å²) in [5.41, 5.74) is 0.328. The van der Waals surface area contributed by atoms with Crippen LogP contribution >= 0.6 is 0 Å². The standard InChI is InChI=1S/C17H23FN2O3/c1-12(11-21)13-6-8-20(9-7-13)16(22)10-19-17(23)14-2-4-15(18)5-3-14/h2-5,12-13,21H,6-11H2,1H3,(H,19,23). The van der Waals surface area contributed by atoms with Crippen LogP contribution in [-0.2, 0) is 4.79 Å². The molecule has 2 N–H and O–H groups in total. The molecule has 0 bridgehead atoms. The highest BCUT2D eigenvalue weighted by atomic mass is 19.1. The molecule has 5 nitrogen and oxygen atoms in total. The van der Waals surface area contributed by atoms with Crippen molar-refractivity contribution < 1.29 is 19.1 Å². The molecule has 1 aliphatic heterocycles. The first kappa shape index (κ1) is 17.4. The Hall–Kier alpha value is -1.95. The zero-order valence-corrected chi connectivity index (χ0v) is 13.3. The number of hydrogen-bond donors (Lipinski definition) is 2. The molecule has 0 aromatic heterocycles. The first-order chi connectivity index (χ1) is 11.0. The predicted octanol–water partition coefficient (Wildman–Crippen LogP) is 1.42. The van der Waals surface area contributed by atoms with E-state index in [9.17, 15) is 19.1 Å². The highest BCUT2D eigenvalue weighted by Crippen LogP contribution is 2.24. The SMILES string of the molecule is CC(CO)C1CCN(C(=O)CNC(=O)c2ccc(F)cc2)CC1. The van der Waals surface area contributed by atoms with E-state index in [4.69, 9.17) is 0 Å². The third-order valence-electron chi connectivity index (χ3n) is 4.49. The van der Waals surface area contributed by atoms with Crippen LogP contribution < -0.4 is 5.32 Å². The number of benzene rings is 1. The molecule has 2 amide bonds. The normalized spacial score (nSPS) is 16.9. The summed E-state index contributed by atoms with van der Waals surface area (Å²) in [6, 6.07) is 5.20. The first-order valence-electron chi connectivity index (χ1n) is 7.93. The molecule has 1 fully saturated rings. The fourth-order valence-electron chi connectivity index (χ4n) is 2.84.